The molecule has 1 saturated carbocycles. The lowest BCUT2D eigenvalue weighted by atomic mass is 10.2. The molecule has 2 aliphatic rings. The smallest absolute Gasteiger partial charge is 0.220 e. The molecular formula is C14H16FN5O2S. The van der Waals surface area contributed by atoms with Gasteiger partial charge in [-0.1, -0.05) is 5.21 Å². The van der Waals surface area contributed by atoms with E-state index in [1.165, 1.54) is 21.3 Å². The first-order valence-electron chi connectivity index (χ1n) is 7.52. The number of nitrogens with zero attached hydrogens (tertiary/aromatic N) is 5. The molecule has 23 heavy (non-hydrogen) atoms. The summed E-state index contributed by atoms with van der Waals surface area (Å²) in [5.41, 5.74) is 0.986. The van der Waals surface area contributed by atoms with Gasteiger partial charge in [0.15, 0.2) is 0 Å². The summed E-state index contributed by atoms with van der Waals surface area (Å²) in [4.78, 5) is 3.77. The Morgan fingerprint density at radius 3 is 2.83 bits per heavy atom. The Hall–Kier alpha value is -1.87. The van der Waals surface area contributed by atoms with E-state index in [9.17, 15) is 12.8 Å². The van der Waals surface area contributed by atoms with Gasteiger partial charge in [0.2, 0.25) is 10.0 Å². The summed E-state index contributed by atoms with van der Waals surface area (Å²) in [5, 5.41) is 7.94. The maximum atomic E-state index is 13.2. The van der Waals surface area contributed by atoms with Crippen LogP contribution in [0.5, 0.6) is 0 Å². The number of sulfonamides is 1. The fraction of sp³-hybridized carbons (Fsp3) is 0.500. The van der Waals surface area contributed by atoms with E-state index in [0.29, 0.717) is 17.9 Å². The molecule has 9 heteroatoms. The maximum Gasteiger partial charge on any atom is 0.220 e. The minimum Gasteiger partial charge on any atom is -0.259 e. The van der Waals surface area contributed by atoms with Gasteiger partial charge in [-0.15, -0.1) is 5.10 Å². The van der Waals surface area contributed by atoms with Crippen molar-refractivity contribution in [1.82, 2.24) is 24.3 Å². The van der Waals surface area contributed by atoms with Crippen molar-refractivity contribution in [3.8, 4) is 5.69 Å². The minimum atomic E-state index is -3.27. The molecule has 0 amide bonds. The number of halogens is 1. The molecule has 3 heterocycles. The van der Waals surface area contributed by atoms with Crippen LogP contribution in [0.4, 0.5) is 4.39 Å². The van der Waals surface area contributed by atoms with Gasteiger partial charge in [-0.25, -0.2) is 17.5 Å². The lowest BCUT2D eigenvalue weighted by molar-refractivity contribution is 0.350. The molecule has 122 valence electrons. The first-order valence-corrected chi connectivity index (χ1v) is 8.96. The number of pyridine rings is 1. The molecule has 1 saturated heterocycles. The van der Waals surface area contributed by atoms with Crippen molar-refractivity contribution in [2.45, 2.75) is 37.0 Å². The zero-order valence-electron chi connectivity index (χ0n) is 12.4. The topological polar surface area (TPSA) is 81.0 Å². The molecule has 1 aliphatic heterocycles. The van der Waals surface area contributed by atoms with Crippen molar-refractivity contribution in [2.24, 2.45) is 0 Å². The predicted octanol–water partition coefficient (Wildman–Crippen LogP) is 1.26. The van der Waals surface area contributed by atoms with E-state index in [-0.39, 0.29) is 6.54 Å². The van der Waals surface area contributed by atoms with Crippen LogP contribution in [0.15, 0.2) is 24.7 Å². The average Bonchev–Trinajstić information content (AvgIpc) is 3.15. The number of rotatable bonds is 3. The molecule has 0 unspecified atom stereocenters. The molecule has 0 aromatic carbocycles. The highest BCUT2D eigenvalue weighted by atomic mass is 32.2. The molecular weight excluding hydrogens is 321 g/mol. The quantitative estimate of drug-likeness (QED) is 0.842. The molecule has 2 aromatic rings. The lowest BCUT2D eigenvalue weighted by Gasteiger charge is -2.31. The lowest BCUT2D eigenvalue weighted by Crippen LogP contribution is -2.44. The fourth-order valence-corrected chi connectivity index (χ4v) is 5.36. The van der Waals surface area contributed by atoms with E-state index in [0.717, 1.165) is 31.9 Å². The van der Waals surface area contributed by atoms with Crippen molar-refractivity contribution >= 4 is 10.0 Å². The number of aromatic nitrogens is 4. The summed E-state index contributed by atoms with van der Waals surface area (Å²) in [6.45, 7) is 0.714. The summed E-state index contributed by atoms with van der Waals surface area (Å²) in [6.07, 6.45) is 7.34. The van der Waals surface area contributed by atoms with Crippen molar-refractivity contribution in [1.29, 1.82) is 0 Å². The van der Waals surface area contributed by atoms with Crippen LogP contribution in [-0.4, -0.2) is 44.0 Å². The summed E-state index contributed by atoms with van der Waals surface area (Å²) in [5.74, 6) is -0.464. The van der Waals surface area contributed by atoms with Crippen LogP contribution in [0.1, 0.15) is 31.4 Å². The highest BCUT2D eigenvalue weighted by Crippen LogP contribution is 2.51. The molecule has 1 spiro atoms. The standard InChI is InChI=1S/C14H16FN5O2S/c15-11-6-13(8-16-7-11)20-10-12(17-18-20)9-19-5-1-2-14(3-4-14)23(19,21)22/h6-8,10H,1-5,9H2. The summed E-state index contributed by atoms with van der Waals surface area (Å²) in [6, 6.07) is 1.29. The average molecular weight is 337 g/mol. The molecule has 2 fully saturated rings. The Balaban J connectivity index is 1.56. The Morgan fingerprint density at radius 2 is 2.09 bits per heavy atom. The number of hydrogen-bond acceptors (Lipinski definition) is 5. The van der Waals surface area contributed by atoms with E-state index in [1.54, 1.807) is 6.20 Å². The van der Waals surface area contributed by atoms with Gasteiger partial charge in [0.25, 0.3) is 0 Å². The van der Waals surface area contributed by atoms with Crippen molar-refractivity contribution in [2.75, 3.05) is 6.54 Å². The number of hydrogen-bond donors (Lipinski definition) is 0. The second-order valence-corrected chi connectivity index (χ2v) is 8.47. The molecule has 0 bridgehead atoms. The highest BCUT2D eigenvalue weighted by molar-refractivity contribution is 7.90. The van der Waals surface area contributed by atoms with Crippen LogP contribution in [0.2, 0.25) is 0 Å². The Labute approximate surface area is 133 Å². The van der Waals surface area contributed by atoms with Gasteiger partial charge in [0.1, 0.15) is 5.82 Å². The third kappa shape index (κ3) is 2.43. The first-order chi connectivity index (χ1) is 11.0. The van der Waals surface area contributed by atoms with Gasteiger partial charge in [-0.2, -0.15) is 4.31 Å². The minimum absolute atomic E-state index is 0.201. The van der Waals surface area contributed by atoms with Gasteiger partial charge in [0.05, 0.1) is 41.3 Å². The van der Waals surface area contributed by atoms with Gasteiger partial charge in [-0.05, 0) is 25.7 Å². The maximum absolute atomic E-state index is 13.2. The van der Waals surface area contributed by atoms with E-state index < -0.39 is 20.6 Å². The van der Waals surface area contributed by atoms with Gasteiger partial charge in [-0.3, -0.25) is 4.98 Å². The predicted molar refractivity (Wildman–Crippen MR) is 79.6 cm³/mol. The van der Waals surface area contributed by atoms with Gasteiger partial charge < -0.3 is 0 Å². The van der Waals surface area contributed by atoms with Crippen LogP contribution in [-0.2, 0) is 16.6 Å². The second kappa shape index (κ2) is 5.07. The van der Waals surface area contributed by atoms with Crippen LogP contribution in [0.25, 0.3) is 5.69 Å². The zero-order valence-corrected chi connectivity index (χ0v) is 13.2. The second-order valence-electron chi connectivity index (χ2n) is 6.14. The third-order valence-electron chi connectivity index (χ3n) is 4.57. The summed E-state index contributed by atoms with van der Waals surface area (Å²) in [7, 11) is -3.27. The van der Waals surface area contributed by atoms with E-state index in [1.807, 2.05) is 0 Å². The van der Waals surface area contributed by atoms with Crippen molar-refractivity contribution < 1.29 is 12.8 Å². The Bertz CT molecular complexity index is 846. The first kappa shape index (κ1) is 14.7. The Kier molecular flexibility index (Phi) is 3.24. The van der Waals surface area contributed by atoms with E-state index in [4.69, 9.17) is 0 Å². The van der Waals surface area contributed by atoms with E-state index >= 15 is 0 Å². The SMILES string of the molecule is O=S1(=O)N(Cc2cn(-c3cncc(F)c3)nn2)CCCC12CC2. The highest BCUT2D eigenvalue weighted by Gasteiger charge is 2.58. The van der Waals surface area contributed by atoms with Crippen LogP contribution in [0.3, 0.4) is 0 Å². The molecule has 0 N–H and O–H groups in total. The Morgan fingerprint density at radius 1 is 1.26 bits per heavy atom. The molecule has 4 rings (SSSR count). The van der Waals surface area contributed by atoms with Gasteiger partial charge >= 0.3 is 0 Å². The van der Waals surface area contributed by atoms with Crippen molar-refractivity contribution in [3.05, 3.63) is 36.2 Å². The van der Waals surface area contributed by atoms with Gasteiger partial charge in [0, 0.05) is 12.6 Å². The van der Waals surface area contributed by atoms with Crippen molar-refractivity contribution in [3.63, 3.8) is 0 Å². The van der Waals surface area contributed by atoms with Crippen LogP contribution in [0, 0.1) is 5.82 Å². The van der Waals surface area contributed by atoms with Crippen LogP contribution < -0.4 is 0 Å². The molecule has 1 aliphatic carbocycles. The molecule has 0 atom stereocenters. The summed E-state index contributed by atoms with van der Waals surface area (Å²) < 4.78 is 40.9. The molecule has 0 radical (unpaired) electrons. The third-order valence-corrected chi connectivity index (χ3v) is 7.27. The molecule has 2 aromatic heterocycles. The normalized spacial score (nSPS) is 22.3. The zero-order chi connectivity index (χ0) is 16.1. The fourth-order valence-electron chi connectivity index (χ4n) is 3.12. The molecule has 7 nitrogen and oxygen atoms in total. The monoisotopic (exact) mass is 337 g/mol. The van der Waals surface area contributed by atoms with Crippen LogP contribution >= 0.6 is 0 Å². The summed E-state index contributed by atoms with van der Waals surface area (Å²) >= 11 is 0. The van der Waals surface area contributed by atoms with E-state index in [2.05, 4.69) is 15.3 Å². The largest absolute Gasteiger partial charge is 0.259 e.